The monoisotopic (exact) mass is 2090 g/mol. The van der Waals surface area contributed by atoms with Crippen molar-refractivity contribution in [2.45, 2.75) is 33.1 Å². The van der Waals surface area contributed by atoms with Crippen LogP contribution in [0.4, 0.5) is 0 Å². The molecule has 24 nitrogen and oxygen atoms in total. The average molecular weight is 2090 g/mol. The minimum Gasteiger partial charge on any atom is -0.500 e. The van der Waals surface area contributed by atoms with Crippen molar-refractivity contribution in [3.05, 3.63) is 316 Å². The zero-order valence-electron chi connectivity index (χ0n) is 64.8. The Bertz CT molecular complexity index is 6840. The molecule has 15 heterocycles. The molecule has 589 valence electrons. The number of nitrogens with zero attached hydrogens (tertiary/aromatic N) is 21. The van der Waals surface area contributed by atoms with Crippen LogP contribution in [-0.2, 0) is 86.9 Å². The first-order valence-electron chi connectivity index (χ1n) is 37.0. The molecule has 0 aliphatic carbocycles. The van der Waals surface area contributed by atoms with Crippen molar-refractivity contribution in [2.75, 3.05) is 0 Å². The first-order valence-corrected chi connectivity index (χ1v) is 37.0. The molecule has 3 radical (unpaired) electrons. The minimum atomic E-state index is -0.0569. The fourth-order valence-corrected chi connectivity index (χ4v) is 12.9. The first-order chi connectivity index (χ1) is 56.7. The van der Waals surface area contributed by atoms with Gasteiger partial charge in [-0.2, -0.15) is 0 Å². The van der Waals surface area contributed by atoms with Gasteiger partial charge in [0.2, 0.25) is 17.1 Å². The van der Waals surface area contributed by atoms with Crippen LogP contribution in [0.15, 0.2) is 300 Å². The molecule has 0 atom stereocenters. The smallest absolute Gasteiger partial charge is 0.205 e. The zero-order chi connectivity index (χ0) is 79.1. The van der Waals surface area contributed by atoms with E-state index < -0.39 is 0 Å². The second kappa shape index (κ2) is 36.6. The predicted octanol–water partition coefficient (Wildman–Crippen LogP) is 16.2. The number of para-hydroxylation sites is 3. The molecular formula is C92H68Ir3N21O3-3. The van der Waals surface area contributed by atoms with E-state index in [1.54, 1.807) is 37.2 Å². The number of rotatable bonds is 7. The van der Waals surface area contributed by atoms with Gasteiger partial charge in [0.15, 0.2) is 35.5 Å². The van der Waals surface area contributed by atoms with Gasteiger partial charge in [0, 0.05) is 185 Å². The maximum atomic E-state index is 5.84. The Labute approximate surface area is 721 Å². The van der Waals surface area contributed by atoms with E-state index in [1.807, 2.05) is 254 Å². The molecule has 0 spiro atoms. The fraction of sp³-hybridized carbons (Fsp3) is 0.0870. The van der Waals surface area contributed by atoms with Crippen LogP contribution in [0.3, 0.4) is 0 Å². The Morgan fingerprint density at radius 1 is 0.328 bits per heavy atom. The number of hydrogen-bond acceptors (Lipinski definition) is 18. The van der Waals surface area contributed by atoms with E-state index in [4.69, 9.17) is 13.3 Å². The number of fused-ring (bicyclic) bond motifs is 12. The molecule has 119 heavy (non-hydrogen) atoms. The van der Waals surface area contributed by atoms with Crippen molar-refractivity contribution in [2.24, 2.45) is 21.1 Å². The molecular weight excluding hydrogens is 2020 g/mol. The summed E-state index contributed by atoms with van der Waals surface area (Å²) >= 11 is 0. The Kier molecular flexibility index (Phi) is 25.1. The van der Waals surface area contributed by atoms with Gasteiger partial charge in [0.1, 0.15) is 54.4 Å². The van der Waals surface area contributed by atoms with E-state index in [-0.39, 0.29) is 65.7 Å². The molecule has 0 fully saturated rings. The average Bonchev–Trinajstić information content (AvgIpc) is 1.64. The third-order valence-electron chi connectivity index (χ3n) is 18.8. The summed E-state index contributed by atoms with van der Waals surface area (Å²) in [5.41, 5.74) is 18.4. The Morgan fingerprint density at radius 3 is 1.04 bits per heavy atom. The molecule has 22 aromatic rings. The SMILES string of the molecule is C[n+]1ccccc1-c1nc(-c2ccccc2)n[n-]1.C[n+]1ccccc1-c1nc(C(C)(C)C)n[n-]1.Cc1n[n-]c(-c2cccc[n+]2C)n1.[Ir].[Ir].[Ir].[c-]1cc2oc3ccccc3c2cc1-c1ccc2nccnc2n1.[c-]1cc2oc3ccccc3c2cc1-c1ccc2nccnc2n1.[c-]1cc2oc3ccccc3c2cc1-c1ccc2nccnc2n1. The van der Waals surface area contributed by atoms with Crippen LogP contribution in [0.2, 0.25) is 0 Å². The quantitative estimate of drug-likeness (QED) is 0.106. The standard InChI is InChI=1S/3C19H10N3O.C14H12N4.C12H16N4.C9H10N4.3Ir/c3*1-2-4-17-13(3-1)14-11-12(5-8-18(14)23-17)15-6-7-16-19(22-15)21-10-9-20-16;1-18-10-6-5-9-12(18)14-15-13(16-17-14)11-7-3-2-4-8-11;1-12(2,3)11-13-10(14-15-11)9-7-5-6-8-16(9)4;1-7-10-9(12-11-7)8-5-3-4-6-13(8)2;;;/h3*1-4,6-11H;2-10H,1H3;5-8H,1-4H3;3-6H,1-2H3;;;/q3*-1;;;;;;. The molecule has 15 aromatic heterocycles. The summed E-state index contributed by atoms with van der Waals surface area (Å²) in [5.74, 6) is 4.17. The van der Waals surface area contributed by atoms with Crippen LogP contribution >= 0.6 is 0 Å². The number of aromatic nitrogens is 21. The number of benzene rings is 7. The predicted molar refractivity (Wildman–Crippen MR) is 441 cm³/mol. The van der Waals surface area contributed by atoms with Crippen LogP contribution in [0.25, 0.3) is 179 Å². The first kappa shape index (κ1) is 81.8. The van der Waals surface area contributed by atoms with Crippen molar-refractivity contribution in [1.29, 1.82) is 0 Å². The van der Waals surface area contributed by atoms with Crippen LogP contribution in [0, 0.1) is 25.1 Å². The van der Waals surface area contributed by atoms with E-state index in [9.17, 15) is 0 Å². The van der Waals surface area contributed by atoms with E-state index in [0.29, 0.717) is 46.1 Å². The van der Waals surface area contributed by atoms with E-state index in [1.165, 1.54) is 0 Å². The normalized spacial score (nSPS) is 10.9. The van der Waals surface area contributed by atoms with Gasteiger partial charge in [-0.15, -0.1) is 71.3 Å². The molecule has 0 saturated carbocycles. The summed E-state index contributed by atoms with van der Waals surface area (Å²) in [6.07, 6.45) is 15.8. The minimum absolute atomic E-state index is 0. The fourth-order valence-electron chi connectivity index (χ4n) is 12.9. The summed E-state index contributed by atoms with van der Waals surface area (Å²) in [7, 11) is 5.90. The Morgan fingerprint density at radius 2 is 0.672 bits per heavy atom. The second-order valence-electron chi connectivity index (χ2n) is 27.8. The third-order valence-corrected chi connectivity index (χ3v) is 18.8. The van der Waals surface area contributed by atoms with Crippen molar-refractivity contribution in [3.8, 4) is 79.7 Å². The van der Waals surface area contributed by atoms with Crippen molar-refractivity contribution in [3.63, 3.8) is 0 Å². The van der Waals surface area contributed by atoms with Gasteiger partial charge < -0.3 is 43.5 Å². The molecule has 0 amide bonds. The van der Waals surface area contributed by atoms with E-state index in [2.05, 4.69) is 166 Å². The Balaban J connectivity index is 0.000000118. The Hall–Kier alpha value is -13.8. The molecule has 0 bridgehead atoms. The zero-order valence-corrected chi connectivity index (χ0v) is 71.9. The molecule has 27 heteroatoms. The van der Waals surface area contributed by atoms with Gasteiger partial charge in [0.25, 0.3) is 0 Å². The maximum Gasteiger partial charge on any atom is 0.205 e. The number of pyridine rings is 6. The molecule has 0 aliphatic heterocycles. The summed E-state index contributed by atoms with van der Waals surface area (Å²) in [6.45, 7) is 8.08. The van der Waals surface area contributed by atoms with Crippen molar-refractivity contribution in [1.82, 2.24) is 90.4 Å². The van der Waals surface area contributed by atoms with Gasteiger partial charge in [-0.1, -0.05) is 140 Å². The molecule has 0 aliphatic rings. The van der Waals surface area contributed by atoms with Crippen LogP contribution < -0.4 is 29.0 Å². The van der Waals surface area contributed by atoms with Gasteiger partial charge in [-0.3, -0.25) is 45.2 Å². The van der Waals surface area contributed by atoms with Crippen LogP contribution in [-0.4, -0.2) is 75.1 Å². The van der Waals surface area contributed by atoms with Crippen molar-refractivity contribution >= 4 is 99.3 Å². The molecule has 0 N–H and O–H groups in total. The molecule has 0 unspecified atom stereocenters. The van der Waals surface area contributed by atoms with Gasteiger partial charge in [-0.25, -0.2) is 28.7 Å². The summed E-state index contributed by atoms with van der Waals surface area (Å²) < 4.78 is 23.5. The van der Waals surface area contributed by atoms with Crippen LogP contribution in [0.5, 0.6) is 0 Å². The third kappa shape index (κ3) is 18.3. The number of furan rings is 3. The summed E-state index contributed by atoms with van der Waals surface area (Å²) in [6, 6.07) is 84.8. The molecule has 22 rings (SSSR count). The van der Waals surface area contributed by atoms with Crippen LogP contribution in [0.1, 0.15) is 32.4 Å². The maximum absolute atomic E-state index is 5.84. The summed E-state index contributed by atoms with van der Waals surface area (Å²) in [5, 5.41) is 30.8. The largest absolute Gasteiger partial charge is 0.500 e. The van der Waals surface area contributed by atoms with Gasteiger partial charge in [0.05, 0.1) is 22.6 Å². The number of aryl methyl sites for hydroxylation is 4. The van der Waals surface area contributed by atoms with E-state index >= 15 is 0 Å². The molecule has 7 aromatic carbocycles. The topological polar surface area (TPSA) is 287 Å². The molecule has 0 saturated heterocycles. The second-order valence-corrected chi connectivity index (χ2v) is 27.8. The van der Waals surface area contributed by atoms with E-state index in [0.717, 1.165) is 145 Å². The summed E-state index contributed by atoms with van der Waals surface area (Å²) in [4.78, 5) is 52.4. The van der Waals surface area contributed by atoms with Gasteiger partial charge >= 0.3 is 0 Å². The van der Waals surface area contributed by atoms with Crippen molar-refractivity contribution < 1.29 is 87.3 Å². The van der Waals surface area contributed by atoms with Gasteiger partial charge in [-0.05, 0) is 84.2 Å². The number of hydrogen-bond donors (Lipinski definition) is 0.